The SMILES string of the molecule is Cc1ccc(OC(CN)c2sccc2C)cc1F. The zero-order valence-corrected chi connectivity index (χ0v) is 11.3. The minimum absolute atomic E-state index is 0.216. The molecule has 1 unspecified atom stereocenters. The van der Waals surface area contributed by atoms with Crippen molar-refractivity contribution in [3.63, 3.8) is 0 Å². The van der Waals surface area contributed by atoms with Gasteiger partial charge in [0.05, 0.1) is 0 Å². The van der Waals surface area contributed by atoms with Gasteiger partial charge >= 0.3 is 0 Å². The summed E-state index contributed by atoms with van der Waals surface area (Å²) in [6.07, 6.45) is -0.216. The van der Waals surface area contributed by atoms with Crippen LogP contribution in [-0.4, -0.2) is 6.54 Å². The van der Waals surface area contributed by atoms with Crippen LogP contribution in [0.25, 0.3) is 0 Å². The lowest BCUT2D eigenvalue weighted by Gasteiger charge is -2.17. The molecule has 2 nitrogen and oxygen atoms in total. The van der Waals surface area contributed by atoms with E-state index in [1.54, 1.807) is 30.4 Å². The summed E-state index contributed by atoms with van der Waals surface area (Å²) in [5, 5.41) is 2.01. The number of nitrogens with two attached hydrogens (primary N) is 1. The van der Waals surface area contributed by atoms with Gasteiger partial charge in [0.25, 0.3) is 0 Å². The number of thiophene rings is 1. The lowest BCUT2D eigenvalue weighted by atomic mass is 10.2. The molecule has 1 aromatic carbocycles. The van der Waals surface area contributed by atoms with E-state index in [9.17, 15) is 4.39 Å². The summed E-state index contributed by atoms with van der Waals surface area (Å²) in [6, 6.07) is 6.91. The highest BCUT2D eigenvalue weighted by atomic mass is 32.1. The number of ether oxygens (including phenoxy) is 1. The highest BCUT2D eigenvalue weighted by molar-refractivity contribution is 7.10. The van der Waals surface area contributed by atoms with E-state index in [0.717, 1.165) is 10.4 Å². The Morgan fingerprint density at radius 3 is 2.61 bits per heavy atom. The van der Waals surface area contributed by atoms with Crippen molar-refractivity contribution in [2.75, 3.05) is 6.54 Å². The Morgan fingerprint density at radius 2 is 2.06 bits per heavy atom. The van der Waals surface area contributed by atoms with Gasteiger partial charge in [-0.1, -0.05) is 6.07 Å². The first-order valence-electron chi connectivity index (χ1n) is 5.78. The zero-order valence-electron chi connectivity index (χ0n) is 10.4. The molecule has 1 heterocycles. The van der Waals surface area contributed by atoms with Crippen LogP contribution in [0, 0.1) is 19.7 Å². The van der Waals surface area contributed by atoms with Crippen molar-refractivity contribution < 1.29 is 9.13 Å². The third kappa shape index (κ3) is 2.71. The normalized spacial score (nSPS) is 12.4. The van der Waals surface area contributed by atoms with Crippen molar-refractivity contribution in [3.05, 3.63) is 51.5 Å². The van der Waals surface area contributed by atoms with Gasteiger partial charge in [0.1, 0.15) is 17.7 Å². The molecule has 0 saturated carbocycles. The zero-order chi connectivity index (χ0) is 13.1. The highest BCUT2D eigenvalue weighted by Gasteiger charge is 2.15. The molecule has 0 aliphatic heterocycles. The maximum atomic E-state index is 13.4. The van der Waals surface area contributed by atoms with E-state index in [-0.39, 0.29) is 11.9 Å². The molecule has 0 aliphatic rings. The Bertz CT molecular complexity index is 538. The molecule has 0 saturated heterocycles. The van der Waals surface area contributed by atoms with Crippen LogP contribution in [0.1, 0.15) is 22.1 Å². The van der Waals surface area contributed by atoms with Gasteiger partial charge in [0.15, 0.2) is 0 Å². The van der Waals surface area contributed by atoms with Crippen LogP contribution in [0.3, 0.4) is 0 Å². The van der Waals surface area contributed by atoms with Gasteiger partial charge in [-0.05, 0) is 42.5 Å². The molecule has 2 N–H and O–H groups in total. The van der Waals surface area contributed by atoms with Crippen LogP contribution in [0.5, 0.6) is 5.75 Å². The van der Waals surface area contributed by atoms with Crippen LogP contribution >= 0.6 is 11.3 Å². The summed E-state index contributed by atoms with van der Waals surface area (Å²) in [4.78, 5) is 1.10. The molecule has 2 aromatic rings. The van der Waals surface area contributed by atoms with Gasteiger partial charge in [0.2, 0.25) is 0 Å². The number of aryl methyl sites for hydroxylation is 2. The standard InChI is InChI=1S/C14H16FNOS/c1-9-3-4-11(7-12(9)15)17-13(8-16)14-10(2)5-6-18-14/h3-7,13H,8,16H2,1-2H3. The number of benzene rings is 1. The molecule has 0 bridgehead atoms. The van der Waals surface area contributed by atoms with E-state index >= 15 is 0 Å². The molecule has 2 rings (SSSR count). The maximum absolute atomic E-state index is 13.4. The highest BCUT2D eigenvalue weighted by Crippen LogP contribution is 2.28. The van der Waals surface area contributed by atoms with Crippen molar-refractivity contribution in [1.29, 1.82) is 0 Å². The second kappa shape index (κ2) is 5.50. The Kier molecular flexibility index (Phi) is 3.99. The summed E-state index contributed by atoms with van der Waals surface area (Å²) in [5.41, 5.74) is 7.50. The van der Waals surface area contributed by atoms with Gasteiger partial charge in [0, 0.05) is 17.5 Å². The summed E-state index contributed by atoms with van der Waals surface area (Å²) in [6.45, 7) is 4.12. The van der Waals surface area contributed by atoms with E-state index in [1.165, 1.54) is 6.07 Å². The third-order valence-corrected chi connectivity index (χ3v) is 3.94. The largest absolute Gasteiger partial charge is 0.483 e. The molecular formula is C14H16FNOS. The molecule has 1 aromatic heterocycles. The summed E-state index contributed by atoms with van der Waals surface area (Å²) in [5.74, 6) is 0.257. The topological polar surface area (TPSA) is 35.2 Å². The van der Waals surface area contributed by atoms with E-state index in [4.69, 9.17) is 10.5 Å². The van der Waals surface area contributed by atoms with Gasteiger partial charge in [-0.3, -0.25) is 0 Å². The number of hydrogen-bond acceptors (Lipinski definition) is 3. The van der Waals surface area contributed by atoms with Gasteiger partial charge in [-0.2, -0.15) is 0 Å². The predicted molar refractivity (Wildman–Crippen MR) is 72.6 cm³/mol. The average Bonchev–Trinajstić information content (AvgIpc) is 2.77. The maximum Gasteiger partial charge on any atom is 0.145 e. The van der Waals surface area contributed by atoms with Crippen molar-refractivity contribution >= 4 is 11.3 Å². The second-order valence-corrected chi connectivity index (χ2v) is 5.17. The predicted octanol–water partition coefficient (Wildman–Crippen LogP) is 3.58. The van der Waals surface area contributed by atoms with E-state index < -0.39 is 0 Å². The molecule has 0 spiro atoms. The van der Waals surface area contributed by atoms with Crippen molar-refractivity contribution in [3.8, 4) is 5.75 Å². The first-order chi connectivity index (χ1) is 8.61. The third-order valence-electron chi connectivity index (χ3n) is 2.83. The van der Waals surface area contributed by atoms with Crippen LogP contribution in [0.15, 0.2) is 29.6 Å². The molecule has 0 radical (unpaired) electrons. The van der Waals surface area contributed by atoms with Gasteiger partial charge in [-0.25, -0.2) is 4.39 Å². The van der Waals surface area contributed by atoms with Crippen LogP contribution in [0.4, 0.5) is 4.39 Å². The Morgan fingerprint density at radius 1 is 1.28 bits per heavy atom. The van der Waals surface area contributed by atoms with Crippen molar-refractivity contribution in [2.24, 2.45) is 5.73 Å². The van der Waals surface area contributed by atoms with Gasteiger partial charge in [-0.15, -0.1) is 11.3 Å². The Labute approximate surface area is 110 Å². The van der Waals surface area contributed by atoms with Crippen LogP contribution < -0.4 is 10.5 Å². The summed E-state index contributed by atoms with van der Waals surface area (Å²) in [7, 11) is 0. The lowest BCUT2D eigenvalue weighted by Crippen LogP contribution is -2.18. The number of hydrogen-bond donors (Lipinski definition) is 1. The first-order valence-corrected chi connectivity index (χ1v) is 6.66. The summed E-state index contributed by atoms with van der Waals surface area (Å²) >= 11 is 1.61. The Hall–Kier alpha value is -1.39. The fraction of sp³-hybridized carbons (Fsp3) is 0.286. The molecule has 4 heteroatoms. The van der Waals surface area contributed by atoms with Crippen molar-refractivity contribution in [2.45, 2.75) is 20.0 Å². The minimum Gasteiger partial charge on any atom is -0.483 e. The van der Waals surface area contributed by atoms with Gasteiger partial charge < -0.3 is 10.5 Å². The van der Waals surface area contributed by atoms with Crippen LogP contribution in [0.2, 0.25) is 0 Å². The number of halogens is 1. The molecule has 18 heavy (non-hydrogen) atoms. The fourth-order valence-electron chi connectivity index (χ4n) is 1.73. The molecular weight excluding hydrogens is 249 g/mol. The minimum atomic E-state index is -0.258. The average molecular weight is 265 g/mol. The Balaban J connectivity index is 2.20. The van der Waals surface area contributed by atoms with Crippen LogP contribution in [-0.2, 0) is 0 Å². The lowest BCUT2D eigenvalue weighted by molar-refractivity contribution is 0.216. The molecule has 96 valence electrons. The van der Waals surface area contributed by atoms with E-state index in [1.807, 2.05) is 18.4 Å². The summed E-state index contributed by atoms with van der Waals surface area (Å²) < 4.78 is 19.2. The monoisotopic (exact) mass is 265 g/mol. The second-order valence-electron chi connectivity index (χ2n) is 4.22. The molecule has 0 fully saturated rings. The molecule has 1 atom stereocenters. The van der Waals surface area contributed by atoms with E-state index in [0.29, 0.717) is 17.9 Å². The quantitative estimate of drug-likeness (QED) is 0.917. The molecule has 0 amide bonds. The van der Waals surface area contributed by atoms with Crippen molar-refractivity contribution in [1.82, 2.24) is 0 Å². The number of rotatable bonds is 4. The fourth-order valence-corrected chi connectivity index (χ4v) is 2.70. The first kappa shape index (κ1) is 13.1. The van der Waals surface area contributed by atoms with E-state index in [2.05, 4.69) is 0 Å². The molecule has 0 aliphatic carbocycles. The smallest absolute Gasteiger partial charge is 0.145 e.